The summed E-state index contributed by atoms with van der Waals surface area (Å²) in [5, 5.41) is 21.6. The van der Waals surface area contributed by atoms with Crippen molar-refractivity contribution in [2.45, 2.75) is 33.2 Å². The van der Waals surface area contributed by atoms with Gasteiger partial charge in [-0.05, 0) is 50.1 Å². The van der Waals surface area contributed by atoms with Crippen LogP contribution in [0.1, 0.15) is 30.6 Å². The molecule has 7 nitrogen and oxygen atoms in total. The van der Waals surface area contributed by atoms with Crippen molar-refractivity contribution in [1.82, 2.24) is 20.0 Å². The highest BCUT2D eigenvalue weighted by molar-refractivity contribution is 5.88. The highest BCUT2D eigenvalue weighted by Gasteiger charge is 2.18. The molecule has 0 bridgehead atoms. The lowest BCUT2D eigenvalue weighted by atomic mass is 10.2. The Morgan fingerprint density at radius 2 is 2.08 bits per heavy atom. The van der Waals surface area contributed by atoms with Gasteiger partial charge in [-0.25, -0.2) is 9.67 Å². The molecule has 25 heavy (non-hydrogen) atoms. The predicted molar refractivity (Wildman–Crippen MR) is 97.4 cm³/mol. The van der Waals surface area contributed by atoms with Crippen molar-refractivity contribution in [3.63, 3.8) is 0 Å². The van der Waals surface area contributed by atoms with E-state index < -0.39 is 0 Å². The lowest BCUT2D eigenvalue weighted by molar-refractivity contribution is 0.148. The average Bonchev–Trinajstić information content (AvgIpc) is 2.99. The van der Waals surface area contributed by atoms with Crippen LogP contribution in [-0.2, 0) is 4.74 Å². The van der Waals surface area contributed by atoms with Gasteiger partial charge in [0.05, 0.1) is 18.2 Å². The number of phenolic OH excluding ortho intramolecular Hbond substituents is 1. The Hall–Kier alpha value is -2.67. The minimum absolute atomic E-state index is 0.125. The largest absolute Gasteiger partial charge is 0.508 e. The molecule has 1 aromatic carbocycles. The number of methoxy groups -OCH3 is 1. The van der Waals surface area contributed by atoms with Crippen molar-refractivity contribution in [3.8, 4) is 5.75 Å². The molecule has 0 saturated carbocycles. The number of rotatable bonds is 6. The summed E-state index contributed by atoms with van der Waals surface area (Å²) in [4.78, 5) is 4.58. The zero-order valence-electron chi connectivity index (χ0n) is 14.9. The number of nitrogens with one attached hydrogen (secondary N) is 1. The van der Waals surface area contributed by atoms with Gasteiger partial charge in [0.2, 0.25) is 0 Å². The van der Waals surface area contributed by atoms with Gasteiger partial charge in [0.1, 0.15) is 5.75 Å². The van der Waals surface area contributed by atoms with Gasteiger partial charge < -0.3 is 15.2 Å². The molecule has 0 aliphatic heterocycles. The third kappa shape index (κ3) is 3.41. The maximum atomic E-state index is 9.58. The molecule has 0 fully saturated rings. The summed E-state index contributed by atoms with van der Waals surface area (Å²) in [5.41, 5.74) is 4.32. The summed E-state index contributed by atoms with van der Waals surface area (Å²) >= 11 is 0. The maximum absolute atomic E-state index is 9.58. The normalized spacial score (nSPS) is 12.5. The molecule has 2 aromatic heterocycles. The third-order valence-corrected chi connectivity index (χ3v) is 4.23. The standard InChI is InChI=1S/C18H23N5O2/c1-5-13(10-25-4)23-16-9-12(3)19-18(17(16)21-22-23)20-15-7-6-14(24)8-11(15)2/h6-9,13,24H,5,10H2,1-4H3,(H,19,20). The average molecular weight is 341 g/mol. The molecule has 3 aromatic rings. The van der Waals surface area contributed by atoms with Crippen LogP contribution in [-0.4, -0.2) is 38.8 Å². The van der Waals surface area contributed by atoms with Crippen LogP contribution in [0, 0.1) is 13.8 Å². The summed E-state index contributed by atoms with van der Waals surface area (Å²) in [5.74, 6) is 0.893. The molecule has 0 aliphatic rings. The first-order valence-electron chi connectivity index (χ1n) is 8.31. The van der Waals surface area contributed by atoms with E-state index in [2.05, 4.69) is 27.5 Å². The van der Waals surface area contributed by atoms with E-state index in [1.807, 2.05) is 30.7 Å². The molecule has 0 saturated heterocycles. The first kappa shape index (κ1) is 17.2. The van der Waals surface area contributed by atoms with Crippen molar-refractivity contribution < 1.29 is 9.84 Å². The van der Waals surface area contributed by atoms with Crippen molar-refractivity contribution in [2.24, 2.45) is 0 Å². The van der Waals surface area contributed by atoms with Crippen molar-refractivity contribution in [2.75, 3.05) is 19.0 Å². The second-order valence-electron chi connectivity index (χ2n) is 6.16. The molecule has 1 unspecified atom stereocenters. The molecule has 1 atom stereocenters. The van der Waals surface area contributed by atoms with Crippen LogP contribution < -0.4 is 5.32 Å². The summed E-state index contributed by atoms with van der Waals surface area (Å²) < 4.78 is 7.21. The number of fused-ring (bicyclic) bond motifs is 1. The Kier molecular flexibility index (Phi) is 4.85. The number of hydrogen-bond donors (Lipinski definition) is 2. The van der Waals surface area contributed by atoms with Crippen molar-refractivity contribution in [1.29, 1.82) is 0 Å². The molecule has 132 valence electrons. The number of aryl methyl sites for hydroxylation is 2. The predicted octanol–water partition coefficient (Wildman–Crippen LogP) is 3.49. The molecular formula is C18H23N5O2. The minimum Gasteiger partial charge on any atom is -0.508 e. The highest BCUT2D eigenvalue weighted by atomic mass is 16.5. The fourth-order valence-electron chi connectivity index (χ4n) is 2.89. The first-order valence-corrected chi connectivity index (χ1v) is 8.31. The Labute approximate surface area is 146 Å². The molecule has 3 rings (SSSR count). The van der Waals surface area contributed by atoms with Crippen LogP contribution in [0.3, 0.4) is 0 Å². The third-order valence-electron chi connectivity index (χ3n) is 4.23. The monoisotopic (exact) mass is 341 g/mol. The van der Waals surface area contributed by atoms with Crippen LogP contribution in [0.15, 0.2) is 24.3 Å². The smallest absolute Gasteiger partial charge is 0.160 e. The molecule has 0 aliphatic carbocycles. The van der Waals surface area contributed by atoms with E-state index in [-0.39, 0.29) is 11.8 Å². The van der Waals surface area contributed by atoms with Crippen LogP contribution in [0.2, 0.25) is 0 Å². The number of pyridine rings is 1. The number of benzene rings is 1. The van der Waals surface area contributed by atoms with E-state index in [4.69, 9.17) is 4.74 Å². The van der Waals surface area contributed by atoms with E-state index in [9.17, 15) is 5.11 Å². The summed E-state index contributed by atoms with van der Waals surface area (Å²) in [6.45, 7) is 6.56. The Morgan fingerprint density at radius 3 is 2.76 bits per heavy atom. The topological polar surface area (TPSA) is 85.1 Å². The second-order valence-corrected chi connectivity index (χ2v) is 6.16. The molecule has 2 heterocycles. The highest BCUT2D eigenvalue weighted by Crippen LogP contribution is 2.28. The Morgan fingerprint density at radius 1 is 1.28 bits per heavy atom. The number of aromatic hydroxyl groups is 1. The summed E-state index contributed by atoms with van der Waals surface area (Å²) in [6.07, 6.45) is 0.896. The van der Waals surface area contributed by atoms with Crippen LogP contribution in [0.5, 0.6) is 5.75 Å². The van der Waals surface area contributed by atoms with Gasteiger partial charge in [-0.2, -0.15) is 0 Å². The summed E-state index contributed by atoms with van der Waals surface area (Å²) in [6, 6.07) is 7.29. The van der Waals surface area contributed by atoms with Gasteiger partial charge in [0, 0.05) is 18.5 Å². The zero-order valence-corrected chi connectivity index (χ0v) is 14.9. The number of phenols is 1. The van der Waals surface area contributed by atoms with Gasteiger partial charge >= 0.3 is 0 Å². The maximum Gasteiger partial charge on any atom is 0.160 e. The SMILES string of the molecule is CCC(COC)n1nnc2c(Nc3ccc(O)cc3C)nc(C)cc21. The van der Waals surface area contributed by atoms with Crippen LogP contribution >= 0.6 is 0 Å². The van der Waals surface area contributed by atoms with Gasteiger partial charge in [-0.15, -0.1) is 5.10 Å². The number of hydrogen-bond acceptors (Lipinski definition) is 6. The lowest BCUT2D eigenvalue weighted by Gasteiger charge is -2.15. The van der Waals surface area contributed by atoms with E-state index in [1.165, 1.54) is 0 Å². The molecular weight excluding hydrogens is 318 g/mol. The summed E-state index contributed by atoms with van der Waals surface area (Å²) in [7, 11) is 1.69. The Bertz CT molecular complexity index is 891. The fraction of sp³-hybridized carbons (Fsp3) is 0.389. The lowest BCUT2D eigenvalue weighted by Crippen LogP contribution is -2.15. The molecule has 2 N–H and O–H groups in total. The van der Waals surface area contributed by atoms with Crippen LogP contribution in [0.4, 0.5) is 11.5 Å². The van der Waals surface area contributed by atoms with E-state index >= 15 is 0 Å². The second kappa shape index (κ2) is 7.06. The fourth-order valence-corrected chi connectivity index (χ4v) is 2.89. The minimum atomic E-state index is 0.125. The van der Waals surface area contributed by atoms with Gasteiger partial charge in [-0.3, -0.25) is 0 Å². The first-order chi connectivity index (χ1) is 12.0. The van der Waals surface area contributed by atoms with E-state index in [0.29, 0.717) is 17.9 Å². The van der Waals surface area contributed by atoms with Gasteiger partial charge in [0.15, 0.2) is 11.3 Å². The molecule has 0 amide bonds. The number of anilines is 2. The van der Waals surface area contributed by atoms with Crippen molar-refractivity contribution in [3.05, 3.63) is 35.5 Å². The van der Waals surface area contributed by atoms with Crippen LogP contribution in [0.25, 0.3) is 11.0 Å². The molecule has 7 heteroatoms. The number of nitrogens with zero attached hydrogens (tertiary/aromatic N) is 4. The van der Waals surface area contributed by atoms with Gasteiger partial charge in [-0.1, -0.05) is 12.1 Å². The van der Waals surface area contributed by atoms with Crippen molar-refractivity contribution >= 4 is 22.5 Å². The quantitative estimate of drug-likeness (QED) is 0.668. The van der Waals surface area contributed by atoms with E-state index in [0.717, 1.165) is 28.9 Å². The van der Waals surface area contributed by atoms with E-state index in [1.54, 1.807) is 19.2 Å². The van der Waals surface area contributed by atoms with Gasteiger partial charge in [0.25, 0.3) is 0 Å². The molecule has 0 spiro atoms. The number of aromatic nitrogens is 4. The molecule has 0 radical (unpaired) electrons. The Balaban J connectivity index is 2.05. The zero-order chi connectivity index (χ0) is 18.0. The number of ether oxygens (including phenoxy) is 1.